The zero-order valence-corrected chi connectivity index (χ0v) is 13.6. The number of rotatable bonds is 5. The second-order valence-corrected chi connectivity index (χ2v) is 8.10. The summed E-state index contributed by atoms with van der Waals surface area (Å²) in [6.45, 7) is 0.215. The molecule has 0 unspecified atom stereocenters. The van der Waals surface area contributed by atoms with Crippen LogP contribution in [-0.2, 0) is 10.0 Å². The highest BCUT2D eigenvalue weighted by Gasteiger charge is 2.32. The van der Waals surface area contributed by atoms with Crippen LogP contribution in [0.25, 0.3) is 11.0 Å². The molecule has 0 aliphatic heterocycles. The minimum absolute atomic E-state index is 0.0142. The van der Waals surface area contributed by atoms with E-state index in [0.29, 0.717) is 11.0 Å². The Bertz CT molecular complexity index is 847. The van der Waals surface area contributed by atoms with E-state index in [0.717, 1.165) is 32.1 Å². The molecule has 0 radical (unpaired) electrons. The number of sulfonamides is 1. The van der Waals surface area contributed by atoms with Crippen LogP contribution in [0.2, 0.25) is 0 Å². The summed E-state index contributed by atoms with van der Waals surface area (Å²) < 4.78 is 27.6. The van der Waals surface area contributed by atoms with Gasteiger partial charge in [-0.15, -0.1) is 0 Å². The molecule has 126 valence electrons. The van der Waals surface area contributed by atoms with Gasteiger partial charge in [-0.3, -0.25) is 0 Å². The molecule has 4 N–H and O–H groups in total. The lowest BCUT2D eigenvalue weighted by Crippen LogP contribution is -2.41. The molecule has 1 saturated carbocycles. The van der Waals surface area contributed by atoms with Gasteiger partial charge in [0.2, 0.25) is 10.0 Å². The van der Waals surface area contributed by atoms with Crippen molar-refractivity contribution in [3.63, 3.8) is 0 Å². The van der Waals surface area contributed by atoms with Gasteiger partial charge in [0.15, 0.2) is 0 Å². The molecule has 1 aliphatic carbocycles. The van der Waals surface area contributed by atoms with E-state index in [-0.39, 0.29) is 29.2 Å². The monoisotopic (exact) mass is 339 g/mol. The standard InChI is InChI=1S/C15H21N3O4S/c19-10-15(6-2-1-3-7-15)9-16-23(21,22)11-4-5-12-13(8-11)18-14(20)17-12/h4-5,8,16,19H,1-3,6-7,9-10H2,(H2,17,18,20). The van der Waals surface area contributed by atoms with Crippen molar-refractivity contribution in [3.05, 3.63) is 28.7 Å². The second-order valence-electron chi connectivity index (χ2n) is 6.33. The van der Waals surface area contributed by atoms with Gasteiger partial charge in [-0.25, -0.2) is 17.9 Å². The molecule has 1 heterocycles. The molecule has 2 aromatic rings. The third-order valence-electron chi connectivity index (χ3n) is 4.68. The topological polar surface area (TPSA) is 115 Å². The molecule has 8 heteroatoms. The summed E-state index contributed by atoms with van der Waals surface area (Å²) in [7, 11) is -3.69. The quantitative estimate of drug-likeness (QED) is 0.652. The Morgan fingerprint density at radius 2 is 1.83 bits per heavy atom. The Morgan fingerprint density at radius 3 is 2.52 bits per heavy atom. The smallest absolute Gasteiger partial charge is 0.323 e. The maximum Gasteiger partial charge on any atom is 0.323 e. The Kier molecular flexibility index (Phi) is 4.31. The fraction of sp³-hybridized carbons (Fsp3) is 0.533. The zero-order valence-electron chi connectivity index (χ0n) is 12.8. The molecule has 1 aromatic carbocycles. The molecule has 0 saturated heterocycles. The van der Waals surface area contributed by atoms with Crippen LogP contribution in [0.5, 0.6) is 0 Å². The van der Waals surface area contributed by atoms with Crippen molar-refractivity contribution >= 4 is 21.1 Å². The molecule has 1 aliphatic rings. The number of aromatic amines is 2. The van der Waals surface area contributed by atoms with E-state index in [9.17, 15) is 18.3 Å². The summed E-state index contributed by atoms with van der Waals surface area (Å²) in [5, 5.41) is 9.67. The van der Waals surface area contributed by atoms with Gasteiger partial charge in [0.25, 0.3) is 0 Å². The van der Waals surface area contributed by atoms with Gasteiger partial charge in [0, 0.05) is 18.6 Å². The number of imidazole rings is 1. The van der Waals surface area contributed by atoms with Crippen molar-refractivity contribution in [2.75, 3.05) is 13.2 Å². The predicted octanol–water partition coefficient (Wildman–Crippen LogP) is 1.08. The SMILES string of the molecule is O=c1[nH]c2ccc(S(=O)(=O)NCC3(CO)CCCCC3)cc2[nH]1. The summed E-state index contributed by atoms with van der Waals surface area (Å²) in [4.78, 5) is 16.5. The van der Waals surface area contributed by atoms with Gasteiger partial charge in [-0.05, 0) is 31.0 Å². The van der Waals surface area contributed by atoms with Crippen molar-refractivity contribution < 1.29 is 13.5 Å². The number of hydrogen-bond acceptors (Lipinski definition) is 4. The maximum absolute atomic E-state index is 12.5. The fourth-order valence-corrected chi connectivity index (χ4v) is 4.39. The van der Waals surface area contributed by atoms with E-state index >= 15 is 0 Å². The summed E-state index contributed by atoms with van der Waals surface area (Å²) in [5.74, 6) is 0. The number of fused-ring (bicyclic) bond motifs is 1. The van der Waals surface area contributed by atoms with E-state index < -0.39 is 10.0 Å². The Morgan fingerprint density at radius 1 is 1.13 bits per heavy atom. The van der Waals surface area contributed by atoms with Crippen molar-refractivity contribution in [3.8, 4) is 0 Å². The first-order valence-corrected chi connectivity index (χ1v) is 9.25. The third kappa shape index (κ3) is 3.34. The van der Waals surface area contributed by atoms with Crippen LogP contribution >= 0.6 is 0 Å². The maximum atomic E-state index is 12.5. The lowest BCUT2D eigenvalue weighted by molar-refractivity contribution is 0.0867. The minimum Gasteiger partial charge on any atom is -0.396 e. The first-order chi connectivity index (χ1) is 10.9. The normalized spacial score (nSPS) is 18.3. The van der Waals surface area contributed by atoms with Crippen LogP contribution in [0.1, 0.15) is 32.1 Å². The van der Waals surface area contributed by atoms with Crippen LogP contribution in [0, 0.1) is 5.41 Å². The van der Waals surface area contributed by atoms with Crippen LogP contribution in [0.15, 0.2) is 27.9 Å². The minimum atomic E-state index is -3.69. The van der Waals surface area contributed by atoms with E-state index in [1.807, 2.05) is 0 Å². The molecular formula is C15H21N3O4S. The van der Waals surface area contributed by atoms with Crippen LogP contribution < -0.4 is 10.4 Å². The van der Waals surface area contributed by atoms with Gasteiger partial charge in [0.1, 0.15) is 0 Å². The van der Waals surface area contributed by atoms with Gasteiger partial charge in [-0.1, -0.05) is 19.3 Å². The molecule has 1 fully saturated rings. The summed E-state index contributed by atoms with van der Waals surface area (Å²) >= 11 is 0. The van der Waals surface area contributed by atoms with E-state index in [1.54, 1.807) is 6.07 Å². The van der Waals surface area contributed by atoms with Crippen molar-refractivity contribution in [1.29, 1.82) is 0 Å². The third-order valence-corrected chi connectivity index (χ3v) is 6.08. The van der Waals surface area contributed by atoms with Gasteiger partial charge in [-0.2, -0.15) is 0 Å². The van der Waals surface area contributed by atoms with Crippen LogP contribution in [0.4, 0.5) is 0 Å². The molecule has 23 heavy (non-hydrogen) atoms. The number of aliphatic hydroxyl groups is 1. The molecule has 0 bridgehead atoms. The van der Waals surface area contributed by atoms with Crippen LogP contribution in [-0.4, -0.2) is 36.6 Å². The molecule has 1 aromatic heterocycles. The van der Waals surface area contributed by atoms with Crippen molar-refractivity contribution in [2.24, 2.45) is 5.41 Å². The second kappa shape index (κ2) is 6.10. The molecule has 7 nitrogen and oxygen atoms in total. The van der Waals surface area contributed by atoms with E-state index in [2.05, 4.69) is 14.7 Å². The highest BCUT2D eigenvalue weighted by Crippen LogP contribution is 2.35. The molecule has 0 atom stereocenters. The number of hydrogen-bond donors (Lipinski definition) is 4. The summed E-state index contributed by atoms with van der Waals surface area (Å²) in [5.41, 5.74) is 0.280. The number of aliphatic hydroxyl groups excluding tert-OH is 1. The van der Waals surface area contributed by atoms with E-state index in [4.69, 9.17) is 0 Å². The average Bonchev–Trinajstić information content (AvgIpc) is 2.93. The predicted molar refractivity (Wildman–Crippen MR) is 86.7 cm³/mol. The van der Waals surface area contributed by atoms with E-state index in [1.165, 1.54) is 12.1 Å². The number of benzene rings is 1. The number of nitrogens with one attached hydrogen (secondary N) is 3. The Balaban J connectivity index is 1.80. The van der Waals surface area contributed by atoms with Crippen molar-refractivity contribution in [2.45, 2.75) is 37.0 Å². The Hall–Kier alpha value is -1.64. The summed E-state index contributed by atoms with van der Waals surface area (Å²) in [6.07, 6.45) is 4.82. The van der Waals surface area contributed by atoms with Crippen molar-refractivity contribution in [1.82, 2.24) is 14.7 Å². The lowest BCUT2D eigenvalue weighted by Gasteiger charge is -2.35. The largest absolute Gasteiger partial charge is 0.396 e. The first-order valence-electron chi connectivity index (χ1n) is 7.77. The lowest BCUT2D eigenvalue weighted by atomic mass is 9.75. The fourth-order valence-electron chi connectivity index (χ4n) is 3.20. The van der Waals surface area contributed by atoms with Gasteiger partial charge < -0.3 is 15.1 Å². The highest BCUT2D eigenvalue weighted by molar-refractivity contribution is 7.89. The van der Waals surface area contributed by atoms with Gasteiger partial charge >= 0.3 is 5.69 Å². The molecule has 0 spiro atoms. The summed E-state index contributed by atoms with van der Waals surface area (Å²) in [6, 6.07) is 4.45. The average molecular weight is 339 g/mol. The molecule has 0 amide bonds. The zero-order chi connectivity index (χ0) is 16.5. The van der Waals surface area contributed by atoms with Gasteiger partial charge in [0.05, 0.1) is 15.9 Å². The molecular weight excluding hydrogens is 318 g/mol. The number of aromatic nitrogens is 2. The van der Waals surface area contributed by atoms with Crippen LogP contribution in [0.3, 0.4) is 0 Å². The highest BCUT2D eigenvalue weighted by atomic mass is 32.2. The first kappa shape index (κ1) is 16.2. The number of H-pyrrole nitrogens is 2. The molecule has 3 rings (SSSR count). The Labute approximate surface area is 134 Å².